The molecule has 0 radical (unpaired) electrons. The highest BCUT2D eigenvalue weighted by Crippen LogP contribution is 2.20. The van der Waals surface area contributed by atoms with Crippen molar-refractivity contribution >= 4 is 29.3 Å². The van der Waals surface area contributed by atoms with Crippen LogP contribution in [0, 0.1) is 25.2 Å². The van der Waals surface area contributed by atoms with E-state index in [1.54, 1.807) is 12.1 Å². The summed E-state index contributed by atoms with van der Waals surface area (Å²) < 4.78 is 5.20. The van der Waals surface area contributed by atoms with Crippen LogP contribution in [0.25, 0.3) is 6.08 Å². The number of hydrogen-bond acceptors (Lipinski definition) is 5. The number of hydrogen-bond donors (Lipinski definition) is 1. The molecule has 6 nitrogen and oxygen atoms in total. The van der Waals surface area contributed by atoms with Crippen LogP contribution in [0.1, 0.15) is 23.6 Å². The van der Waals surface area contributed by atoms with Gasteiger partial charge in [0.25, 0.3) is 5.91 Å². The van der Waals surface area contributed by atoms with E-state index in [0.29, 0.717) is 11.3 Å². The van der Waals surface area contributed by atoms with E-state index in [1.165, 1.54) is 13.0 Å². The highest BCUT2D eigenvalue weighted by Gasteiger charge is 2.21. The number of nitriles is 1. The maximum Gasteiger partial charge on any atom is 0.349 e. The largest absolute Gasteiger partial charge is 0.448 e. The molecule has 0 spiro atoms. The molecule has 2 rings (SSSR count). The molecule has 150 valence electrons. The first-order valence-corrected chi connectivity index (χ1v) is 9.20. The molecule has 0 saturated heterocycles. The number of carbonyl (C=O) groups excluding carboxylic acids is 2. The zero-order valence-electron chi connectivity index (χ0n) is 17.3. The lowest BCUT2D eigenvalue weighted by atomic mass is 10.1. The Kier molecular flexibility index (Phi) is 7.15. The smallest absolute Gasteiger partial charge is 0.349 e. The van der Waals surface area contributed by atoms with E-state index >= 15 is 0 Å². The van der Waals surface area contributed by atoms with Crippen LogP contribution in [0.5, 0.6) is 0 Å². The Hall–Kier alpha value is -3.59. The van der Waals surface area contributed by atoms with Gasteiger partial charge >= 0.3 is 5.97 Å². The monoisotopic (exact) mass is 391 g/mol. The van der Waals surface area contributed by atoms with E-state index in [-0.39, 0.29) is 5.57 Å². The van der Waals surface area contributed by atoms with Crippen molar-refractivity contribution in [2.75, 3.05) is 24.3 Å². The fourth-order valence-electron chi connectivity index (χ4n) is 2.69. The van der Waals surface area contributed by atoms with Gasteiger partial charge in [-0.15, -0.1) is 0 Å². The lowest BCUT2D eigenvalue weighted by molar-refractivity contribution is -0.148. The lowest BCUT2D eigenvalue weighted by Crippen LogP contribution is -2.30. The number of benzene rings is 2. The van der Waals surface area contributed by atoms with Crippen molar-refractivity contribution < 1.29 is 14.3 Å². The van der Waals surface area contributed by atoms with Crippen molar-refractivity contribution in [3.63, 3.8) is 0 Å². The first-order chi connectivity index (χ1) is 13.7. The molecule has 0 aliphatic rings. The Morgan fingerprint density at radius 1 is 1.10 bits per heavy atom. The lowest BCUT2D eigenvalue weighted by Gasteiger charge is -2.16. The second-order valence-electron chi connectivity index (χ2n) is 6.96. The fourth-order valence-corrected chi connectivity index (χ4v) is 2.69. The molecule has 0 unspecified atom stereocenters. The molecule has 0 fully saturated rings. The molecule has 29 heavy (non-hydrogen) atoms. The number of esters is 1. The van der Waals surface area contributed by atoms with Gasteiger partial charge in [-0.1, -0.05) is 30.3 Å². The molecular formula is C23H25N3O3. The third-order valence-corrected chi connectivity index (χ3v) is 4.44. The molecule has 1 atom stereocenters. The van der Waals surface area contributed by atoms with Crippen LogP contribution in [0.2, 0.25) is 0 Å². The molecule has 0 saturated carbocycles. The average molecular weight is 391 g/mol. The number of nitrogens with zero attached hydrogens (tertiary/aromatic N) is 2. The number of anilines is 2. The summed E-state index contributed by atoms with van der Waals surface area (Å²) >= 11 is 0. The van der Waals surface area contributed by atoms with Crippen LogP contribution < -0.4 is 10.2 Å². The Balaban J connectivity index is 2.08. The second-order valence-corrected chi connectivity index (χ2v) is 6.96. The van der Waals surface area contributed by atoms with Gasteiger partial charge in [0, 0.05) is 25.5 Å². The third kappa shape index (κ3) is 5.69. The van der Waals surface area contributed by atoms with E-state index < -0.39 is 18.0 Å². The minimum atomic E-state index is -1.05. The van der Waals surface area contributed by atoms with E-state index in [4.69, 9.17) is 4.74 Å². The number of amides is 1. The predicted octanol–water partition coefficient (Wildman–Crippen LogP) is 3.85. The van der Waals surface area contributed by atoms with Crippen LogP contribution in [-0.4, -0.2) is 32.1 Å². The topological polar surface area (TPSA) is 82.4 Å². The van der Waals surface area contributed by atoms with Gasteiger partial charge in [-0.25, -0.2) is 4.79 Å². The van der Waals surface area contributed by atoms with E-state index in [9.17, 15) is 14.9 Å². The SMILES string of the molecule is Cc1cccc(C)c1NC(=O)[C@@H](C)OC(=O)/C(C#N)=C/c1ccc(N(C)C)cc1. The molecule has 0 bridgehead atoms. The minimum absolute atomic E-state index is 0.172. The number of para-hydroxylation sites is 1. The highest BCUT2D eigenvalue weighted by molar-refractivity contribution is 6.01. The standard InChI is InChI=1S/C23H25N3O3/c1-15-7-6-8-16(2)21(15)25-22(27)17(3)29-23(28)19(14-24)13-18-9-11-20(12-10-18)26(4)5/h6-13,17H,1-5H3,(H,25,27)/b19-13+/t17-/m1/s1. The van der Waals surface area contributed by atoms with Crippen LogP contribution in [0.3, 0.4) is 0 Å². The number of rotatable bonds is 6. The summed E-state index contributed by atoms with van der Waals surface area (Å²) in [6.07, 6.45) is 0.395. The Bertz CT molecular complexity index is 950. The van der Waals surface area contributed by atoms with Crippen LogP contribution in [0.15, 0.2) is 48.0 Å². The Labute approximate surface area is 171 Å². The van der Waals surface area contributed by atoms with Crippen molar-refractivity contribution in [1.82, 2.24) is 0 Å². The van der Waals surface area contributed by atoms with E-state index in [2.05, 4.69) is 5.32 Å². The van der Waals surface area contributed by atoms with Crippen molar-refractivity contribution in [3.05, 3.63) is 64.7 Å². The summed E-state index contributed by atoms with van der Waals surface area (Å²) in [7, 11) is 3.85. The van der Waals surface area contributed by atoms with Crippen molar-refractivity contribution in [1.29, 1.82) is 5.26 Å². The number of carbonyl (C=O) groups is 2. The molecule has 0 heterocycles. The maximum atomic E-state index is 12.4. The second kappa shape index (κ2) is 9.56. The summed E-state index contributed by atoms with van der Waals surface area (Å²) in [6.45, 7) is 5.25. The van der Waals surface area contributed by atoms with Gasteiger partial charge in [0.2, 0.25) is 0 Å². The molecule has 2 aromatic carbocycles. The average Bonchev–Trinajstić information content (AvgIpc) is 2.69. The molecule has 0 aliphatic carbocycles. The zero-order chi connectivity index (χ0) is 21.6. The summed E-state index contributed by atoms with van der Waals surface area (Å²) in [5, 5.41) is 12.1. The molecule has 1 N–H and O–H groups in total. The molecule has 2 aromatic rings. The van der Waals surface area contributed by atoms with Gasteiger partial charge in [-0.05, 0) is 55.7 Å². The van der Waals surface area contributed by atoms with Crippen LogP contribution in [-0.2, 0) is 14.3 Å². The predicted molar refractivity (Wildman–Crippen MR) is 114 cm³/mol. The normalized spacial score (nSPS) is 11.9. The molecule has 6 heteroatoms. The minimum Gasteiger partial charge on any atom is -0.448 e. The quantitative estimate of drug-likeness (QED) is 0.459. The third-order valence-electron chi connectivity index (χ3n) is 4.44. The highest BCUT2D eigenvalue weighted by atomic mass is 16.5. The molecule has 0 aliphatic heterocycles. The first kappa shape index (κ1) is 21.7. The van der Waals surface area contributed by atoms with Gasteiger partial charge in [0.15, 0.2) is 6.10 Å². The number of ether oxygens (including phenoxy) is 1. The van der Waals surface area contributed by atoms with Crippen molar-refractivity contribution in [3.8, 4) is 6.07 Å². The van der Waals surface area contributed by atoms with Crippen LogP contribution in [0.4, 0.5) is 11.4 Å². The first-order valence-electron chi connectivity index (χ1n) is 9.20. The van der Waals surface area contributed by atoms with Gasteiger partial charge in [-0.2, -0.15) is 5.26 Å². The summed E-state index contributed by atoms with van der Waals surface area (Å²) in [4.78, 5) is 26.7. The van der Waals surface area contributed by atoms with Gasteiger partial charge in [0.1, 0.15) is 11.6 Å². The summed E-state index contributed by atoms with van der Waals surface area (Å²) in [5.74, 6) is -1.29. The molecule has 0 aromatic heterocycles. The molecular weight excluding hydrogens is 366 g/mol. The zero-order valence-corrected chi connectivity index (χ0v) is 17.3. The van der Waals surface area contributed by atoms with Gasteiger partial charge in [-0.3, -0.25) is 4.79 Å². The molecule has 1 amide bonds. The maximum absolute atomic E-state index is 12.4. The van der Waals surface area contributed by atoms with Gasteiger partial charge < -0.3 is 15.0 Å². The van der Waals surface area contributed by atoms with Crippen molar-refractivity contribution in [2.24, 2.45) is 0 Å². The van der Waals surface area contributed by atoms with Gasteiger partial charge in [0.05, 0.1) is 0 Å². The fraction of sp³-hybridized carbons (Fsp3) is 0.261. The van der Waals surface area contributed by atoms with Crippen LogP contribution >= 0.6 is 0 Å². The Morgan fingerprint density at radius 3 is 2.21 bits per heavy atom. The van der Waals surface area contributed by atoms with E-state index in [1.807, 2.05) is 69.2 Å². The number of nitrogens with one attached hydrogen (secondary N) is 1. The summed E-state index contributed by atoms with van der Waals surface area (Å²) in [6, 6.07) is 14.9. The number of aryl methyl sites for hydroxylation is 2. The van der Waals surface area contributed by atoms with Crippen molar-refractivity contribution in [2.45, 2.75) is 26.9 Å². The summed E-state index contributed by atoms with van der Waals surface area (Å²) in [5.41, 5.74) is 4.04. The Morgan fingerprint density at radius 2 is 1.69 bits per heavy atom. The van der Waals surface area contributed by atoms with E-state index in [0.717, 1.165) is 16.8 Å².